The van der Waals surface area contributed by atoms with E-state index in [-0.39, 0.29) is 31.4 Å². The first-order valence-corrected chi connectivity index (χ1v) is 7.93. The molecule has 3 N–H and O–H groups in total. The van der Waals surface area contributed by atoms with Crippen molar-refractivity contribution in [2.45, 2.75) is 45.3 Å². The summed E-state index contributed by atoms with van der Waals surface area (Å²) in [6, 6.07) is 9.16. The number of alkyl carbamates (subject to hydrolysis) is 1. The average Bonchev–Trinajstić information content (AvgIpc) is 2.56. The van der Waals surface area contributed by atoms with Crippen LogP contribution in [0.25, 0.3) is 0 Å². The van der Waals surface area contributed by atoms with E-state index in [1.165, 1.54) is 0 Å². The van der Waals surface area contributed by atoms with Crippen molar-refractivity contribution in [3.63, 3.8) is 0 Å². The molecule has 0 radical (unpaired) electrons. The van der Waals surface area contributed by atoms with Gasteiger partial charge < -0.3 is 20.5 Å². The van der Waals surface area contributed by atoms with Crippen molar-refractivity contribution in [3.8, 4) is 0 Å². The fourth-order valence-electron chi connectivity index (χ4n) is 1.94. The molecule has 1 atom stereocenters. The highest BCUT2D eigenvalue weighted by Gasteiger charge is 2.10. The molecule has 1 aromatic rings. The number of benzene rings is 1. The van der Waals surface area contributed by atoms with Crippen LogP contribution in [0.3, 0.4) is 0 Å². The van der Waals surface area contributed by atoms with Crippen LogP contribution in [0, 0.1) is 0 Å². The van der Waals surface area contributed by atoms with Crippen molar-refractivity contribution in [1.82, 2.24) is 10.6 Å². The second kappa shape index (κ2) is 11.0. The summed E-state index contributed by atoms with van der Waals surface area (Å²) in [5.74, 6) is -1.04. The van der Waals surface area contributed by atoms with Gasteiger partial charge in [-0.2, -0.15) is 0 Å². The van der Waals surface area contributed by atoms with Gasteiger partial charge in [0, 0.05) is 25.4 Å². The molecule has 0 aromatic heterocycles. The summed E-state index contributed by atoms with van der Waals surface area (Å²) < 4.78 is 5.10. The van der Waals surface area contributed by atoms with E-state index in [1.54, 1.807) is 6.92 Å². The van der Waals surface area contributed by atoms with Crippen molar-refractivity contribution in [2.24, 2.45) is 0 Å². The monoisotopic (exact) mass is 336 g/mol. The van der Waals surface area contributed by atoms with Gasteiger partial charge in [-0.15, -0.1) is 0 Å². The number of amides is 2. The van der Waals surface area contributed by atoms with Crippen molar-refractivity contribution < 1.29 is 24.2 Å². The summed E-state index contributed by atoms with van der Waals surface area (Å²) in [4.78, 5) is 33.6. The van der Waals surface area contributed by atoms with E-state index in [0.29, 0.717) is 19.4 Å². The Bertz CT molecular complexity index is 533. The summed E-state index contributed by atoms with van der Waals surface area (Å²) in [5.41, 5.74) is 0.904. The van der Waals surface area contributed by atoms with Crippen molar-refractivity contribution in [1.29, 1.82) is 0 Å². The van der Waals surface area contributed by atoms with Crippen LogP contribution >= 0.6 is 0 Å². The molecular weight excluding hydrogens is 312 g/mol. The maximum atomic E-state index is 11.7. The first-order chi connectivity index (χ1) is 11.5. The van der Waals surface area contributed by atoms with Crippen LogP contribution < -0.4 is 10.6 Å². The zero-order chi connectivity index (χ0) is 17.8. The van der Waals surface area contributed by atoms with Crippen molar-refractivity contribution in [3.05, 3.63) is 35.9 Å². The molecule has 0 heterocycles. The molecule has 0 saturated carbocycles. The lowest BCUT2D eigenvalue weighted by atomic mass is 10.2. The smallest absolute Gasteiger partial charge is 0.407 e. The summed E-state index contributed by atoms with van der Waals surface area (Å²) >= 11 is 0. The number of carbonyl (C=O) groups is 3. The van der Waals surface area contributed by atoms with Crippen LogP contribution in [0.4, 0.5) is 4.79 Å². The Hall–Kier alpha value is -2.57. The third kappa shape index (κ3) is 9.45. The largest absolute Gasteiger partial charge is 0.481 e. The maximum Gasteiger partial charge on any atom is 0.407 e. The number of nitrogens with one attached hydrogen (secondary N) is 2. The third-order valence-electron chi connectivity index (χ3n) is 3.27. The SMILES string of the molecule is CC(CCC(=O)NCCCC(=O)O)NC(=O)OCc1ccccc1. The zero-order valence-electron chi connectivity index (χ0n) is 13.8. The Kier molecular flexibility index (Phi) is 8.96. The minimum atomic E-state index is -0.879. The lowest BCUT2D eigenvalue weighted by Crippen LogP contribution is -2.34. The van der Waals surface area contributed by atoms with Gasteiger partial charge in [-0.3, -0.25) is 9.59 Å². The molecule has 2 amide bonds. The lowest BCUT2D eigenvalue weighted by Gasteiger charge is -2.14. The van der Waals surface area contributed by atoms with Crippen molar-refractivity contribution >= 4 is 18.0 Å². The Balaban J connectivity index is 2.11. The highest BCUT2D eigenvalue weighted by atomic mass is 16.5. The van der Waals surface area contributed by atoms with Gasteiger partial charge in [-0.25, -0.2) is 4.79 Å². The van der Waals surface area contributed by atoms with E-state index < -0.39 is 12.1 Å². The molecule has 7 nitrogen and oxygen atoms in total. The molecule has 7 heteroatoms. The molecule has 0 bridgehead atoms. The molecule has 1 aromatic carbocycles. The van der Waals surface area contributed by atoms with Crippen LogP contribution in [-0.4, -0.2) is 35.7 Å². The molecular formula is C17H24N2O5. The summed E-state index contributed by atoms with van der Waals surface area (Å²) in [6.45, 7) is 2.33. The molecule has 0 fully saturated rings. The number of carboxylic acid groups (broad SMARTS) is 1. The van der Waals surface area contributed by atoms with E-state index in [9.17, 15) is 14.4 Å². The summed E-state index contributed by atoms with van der Waals surface area (Å²) in [6.07, 6.45) is 0.651. The number of hydrogen-bond acceptors (Lipinski definition) is 4. The van der Waals surface area contributed by atoms with E-state index in [1.807, 2.05) is 30.3 Å². The fourth-order valence-corrected chi connectivity index (χ4v) is 1.94. The third-order valence-corrected chi connectivity index (χ3v) is 3.27. The van der Waals surface area contributed by atoms with E-state index in [2.05, 4.69) is 10.6 Å². The fraction of sp³-hybridized carbons (Fsp3) is 0.471. The topological polar surface area (TPSA) is 105 Å². The average molecular weight is 336 g/mol. The first-order valence-electron chi connectivity index (χ1n) is 7.93. The molecule has 1 rings (SSSR count). The minimum absolute atomic E-state index is 0.0332. The summed E-state index contributed by atoms with van der Waals surface area (Å²) in [7, 11) is 0. The Morgan fingerprint density at radius 2 is 1.88 bits per heavy atom. The molecule has 0 aliphatic rings. The molecule has 0 spiro atoms. The van der Waals surface area contributed by atoms with Gasteiger partial charge in [0.25, 0.3) is 0 Å². The quantitative estimate of drug-likeness (QED) is 0.567. The van der Waals surface area contributed by atoms with Crippen LogP contribution in [0.15, 0.2) is 30.3 Å². The Morgan fingerprint density at radius 3 is 2.54 bits per heavy atom. The highest BCUT2D eigenvalue weighted by Crippen LogP contribution is 2.02. The predicted octanol–water partition coefficient (Wildman–Crippen LogP) is 2.06. The van der Waals surface area contributed by atoms with Gasteiger partial charge in [0.05, 0.1) is 0 Å². The van der Waals surface area contributed by atoms with Gasteiger partial charge in [-0.05, 0) is 25.3 Å². The molecule has 132 valence electrons. The molecule has 1 unspecified atom stereocenters. The van der Waals surface area contributed by atoms with Gasteiger partial charge in [0.15, 0.2) is 0 Å². The van der Waals surface area contributed by atoms with Gasteiger partial charge in [-0.1, -0.05) is 30.3 Å². The minimum Gasteiger partial charge on any atom is -0.481 e. The van der Waals surface area contributed by atoms with Crippen LogP contribution in [-0.2, 0) is 20.9 Å². The zero-order valence-corrected chi connectivity index (χ0v) is 13.8. The second-order valence-corrected chi connectivity index (χ2v) is 5.49. The van der Waals surface area contributed by atoms with Gasteiger partial charge in [0.1, 0.15) is 6.61 Å². The summed E-state index contributed by atoms with van der Waals surface area (Å²) in [5, 5.41) is 13.8. The standard InChI is InChI=1S/C17H24N2O5/c1-13(9-10-15(20)18-11-5-8-16(21)22)19-17(23)24-12-14-6-3-2-4-7-14/h2-4,6-7,13H,5,8-12H2,1H3,(H,18,20)(H,19,23)(H,21,22). The van der Waals surface area contributed by atoms with Gasteiger partial charge in [0.2, 0.25) is 5.91 Å². The second-order valence-electron chi connectivity index (χ2n) is 5.49. The Morgan fingerprint density at radius 1 is 1.17 bits per heavy atom. The number of ether oxygens (including phenoxy) is 1. The molecule has 0 saturated heterocycles. The maximum absolute atomic E-state index is 11.7. The molecule has 24 heavy (non-hydrogen) atoms. The van der Waals surface area contributed by atoms with Gasteiger partial charge >= 0.3 is 12.1 Å². The van der Waals surface area contributed by atoms with Crippen LogP contribution in [0.2, 0.25) is 0 Å². The number of aliphatic carboxylic acids is 1. The molecule has 0 aliphatic carbocycles. The number of rotatable bonds is 10. The van der Waals surface area contributed by atoms with Crippen LogP contribution in [0.5, 0.6) is 0 Å². The first kappa shape index (κ1) is 19.5. The number of carboxylic acids is 1. The Labute approximate surface area is 141 Å². The number of carbonyl (C=O) groups excluding carboxylic acids is 2. The lowest BCUT2D eigenvalue weighted by molar-refractivity contribution is -0.137. The van der Waals surface area contributed by atoms with E-state index in [4.69, 9.17) is 9.84 Å². The normalized spacial score (nSPS) is 11.4. The van der Waals surface area contributed by atoms with E-state index >= 15 is 0 Å². The highest BCUT2D eigenvalue weighted by molar-refractivity contribution is 5.76. The van der Waals surface area contributed by atoms with Crippen LogP contribution in [0.1, 0.15) is 38.2 Å². The number of hydrogen-bond donors (Lipinski definition) is 3. The predicted molar refractivity (Wildman–Crippen MR) is 88.3 cm³/mol. The molecule has 0 aliphatic heterocycles. The van der Waals surface area contributed by atoms with Crippen molar-refractivity contribution in [2.75, 3.05) is 6.54 Å². The van der Waals surface area contributed by atoms with E-state index in [0.717, 1.165) is 5.56 Å².